The van der Waals surface area contributed by atoms with Crippen LogP contribution in [-0.4, -0.2) is 94.1 Å². The van der Waals surface area contributed by atoms with E-state index in [9.17, 15) is 4.79 Å². The molecule has 1 atom stereocenters. The summed E-state index contributed by atoms with van der Waals surface area (Å²) in [5.41, 5.74) is 1.07. The topological polar surface area (TPSA) is 69.6 Å². The number of methoxy groups -OCH3 is 2. The van der Waals surface area contributed by atoms with Gasteiger partial charge in [0.1, 0.15) is 11.5 Å². The van der Waals surface area contributed by atoms with E-state index in [0.29, 0.717) is 13.1 Å². The van der Waals surface area contributed by atoms with Gasteiger partial charge in [-0.25, -0.2) is 0 Å². The van der Waals surface area contributed by atoms with Crippen molar-refractivity contribution in [2.24, 2.45) is 4.99 Å². The third kappa shape index (κ3) is 7.99. The van der Waals surface area contributed by atoms with Crippen LogP contribution in [-0.2, 0) is 11.3 Å². The number of aliphatic imine (C=N–C) groups is 1. The van der Waals surface area contributed by atoms with Crippen LogP contribution in [0.1, 0.15) is 31.7 Å². The number of guanidine groups is 1. The van der Waals surface area contributed by atoms with Crippen molar-refractivity contribution in [1.29, 1.82) is 0 Å². The summed E-state index contributed by atoms with van der Waals surface area (Å²) < 4.78 is 10.8. The molecule has 1 aromatic carbocycles. The van der Waals surface area contributed by atoms with E-state index in [1.807, 2.05) is 39.3 Å². The molecule has 1 aliphatic rings. The number of ether oxygens (including phenoxy) is 2. The van der Waals surface area contributed by atoms with Crippen molar-refractivity contribution in [3.05, 3.63) is 23.8 Å². The third-order valence-corrected chi connectivity index (χ3v) is 5.55. The highest BCUT2D eigenvalue weighted by molar-refractivity contribution is 14.0. The molecule has 0 spiro atoms. The van der Waals surface area contributed by atoms with Gasteiger partial charge < -0.3 is 24.6 Å². The summed E-state index contributed by atoms with van der Waals surface area (Å²) in [6.45, 7) is 6.14. The van der Waals surface area contributed by atoms with Crippen LogP contribution in [0.4, 0.5) is 0 Å². The van der Waals surface area contributed by atoms with Crippen molar-refractivity contribution in [3.8, 4) is 11.5 Å². The first-order chi connectivity index (χ1) is 14.9. The lowest BCUT2D eigenvalue weighted by Gasteiger charge is -2.26. The smallest absolute Gasteiger partial charge is 0.239 e. The number of hydrogen-bond donors (Lipinski definition) is 1. The van der Waals surface area contributed by atoms with E-state index in [-0.39, 0.29) is 35.9 Å². The zero-order valence-electron chi connectivity index (χ0n) is 20.4. The fraction of sp³-hybridized carbons (Fsp3) is 0.652. The van der Waals surface area contributed by atoms with E-state index in [0.717, 1.165) is 61.9 Å². The molecule has 1 heterocycles. The van der Waals surface area contributed by atoms with Gasteiger partial charge in [-0.3, -0.25) is 14.7 Å². The van der Waals surface area contributed by atoms with Crippen LogP contribution in [0, 0.1) is 0 Å². The SMILES string of the molecule is CCNC(=NCCCN1CCCC1C(=O)N(C)C)N(C)Cc1ccc(OC)cc1OC.I. The number of amides is 1. The number of nitrogens with one attached hydrogen (secondary N) is 1. The first-order valence-electron chi connectivity index (χ1n) is 11.1. The van der Waals surface area contributed by atoms with Gasteiger partial charge in [-0.15, -0.1) is 24.0 Å². The highest BCUT2D eigenvalue weighted by Gasteiger charge is 2.30. The number of halogens is 1. The van der Waals surface area contributed by atoms with Crippen molar-refractivity contribution in [2.45, 2.75) is 38.8 Å². The molecule has 1 N–H and O–H groups in total. The van der Waals surface area contributed by atoms with Crippen LogP contribution < -0.4 is 14.8 Å². The average Bonchev–Trinajstić information content (AvgIpc) is 3.23. The van der Waals surface area contributed by atoms with Crippen molar-refractivity contribution in [3.63, 3.8) is 0 Å². The predicted molar refractivity (Wildman–Crippen MR) is 140 cm³/mol. The number of likely N-dealkylation sites (N-methyl/N-ethyl adjacent to an activating group) is 1. The van der Waals surface area contributed by atoms with E-state index in [4.69, 9.17) is 14.5 Å². The van der Waals surface area contributed by atoms with Crippen LogP contribution >= 0.6 is 24.0 Å². The monoisotopic (exact) mass is 561 g/mol. The number of likely N-dealkylation sites (tertiary alicyclic amines) is 1. The van der Waals surface area contributed by atoms with E-state index < -0.39 is 0 Å². The minimum Gasteiger partial charge on any atom is -0.497 e. The fourth-order valence-electron chi connectivity index (χ4n) is 3.91. The molecule has 182 valence electrons. The summed E-state index contributed by atoms with van der Waals surface area (Å²) in [6.07, 6.45) is 2.96. The summed E-state index contributed by atoms with van der Waals surface area (Å²) in [5.74, 6) is 2.65. The first-order valence-corrected chi connectivity index (χ1v) is 11.1. The number of nitrogens with zero attached hydrogens (tertiary/aromatic N) is 4. The Balaban J connectivity index is 0.00000512. The predicted octanol–water partition coefficient (Wildman–Crippen LogP) is 2.66. The molecule has 1 aliphatic heterocycles. The van der Waals surface area contributed by atoms with Crippen molar-refractivity contribution in [1.82, 2.24) is 20.0 Å². The van der Waals surface area contributed by atoms with Gasteiger partial charge in [-0.1, -0.05) is 0 Å². The first kappa shape index (κ1) is 28.3. The lowest BCUT2D eigenvalue weighted by Crippen LogP contribution is -2.43. The second kappa shape index (κ2) is 14.4. The number of hydrogen-bond acceptors (Lipinski definition) is 5. The second-order valence-electron chi connectivity index (χ2n) is 8.05. The summed E-state index contributed by atoms with van der Waals surface area (Å²) in [7, 11) is 9.01. The van der Waals surface area contributed by atoms with E-state index in [1.54, 1.807) is 19.1 Å². The maximum atomic E-state index is 12.4. The normalized spacial score (nSPS) is 16.3. The Hall–Kier alpha value is -1.75. The Morgan fingerprint density at radius 2 is 2.00 bits per heavy atom. The molecule has 1 unspecified atom stereocenters. The van der Waals surface area contributed by atoms with Gasteiger partial charge in [-0.05, 0) is 44.9 Å². The molecule has 0 bridgehead atoms. The van der Waals surface area contributed by atoms with Gasteiger partial charge in [0.05, 0.1) is 20.3 Å². The highest BCUT2D eigenvalue weighted by Crippen LogP contribution is 2.25. The molecule has 1 saturated heterocycles. The van der Waals surface area contributed by atoms with Gasteiger partial charge in [0, 0.05) is 59.0 Å². The van der Waals surface area contributed by atoms with Gasteiger partial charge in [0.15, 0.2) is 5.96 Å². The molecular formula is C23H40IN5O3. The lowest BCUT2D eigenvalue weighted by atomic mass is 10.2. The fourth-order valence-corrected chi connectivity index (χ4v) is 3.91. The standard InChI is InChI=1S/C23H39N5O3.HI/c1-7-24-23(27(4)17-18-11-12-19(30-5)16-21(18)31-6)25-13-9-15-28-14-8-10-20(28)22(29)26(2)3;/h11-12,16,20H,7-10,13-15,17H2,1-6H3,(H,24,25);1H. The molecule has 1 amide bonds. The van der Waals surface area contributed by atoms with Crippen LogP contribution in [0.25, 0.3) is 0 Å². The summed E-state index contributed by atoms with van der Waals surface area (Å²) in [4.78, 5) is 23.3. The molecule has 0 aromatic heterocycles. The summed E-state index contributed by atoms with van der Waals surface area (Å²) in [6, 6.07) is 5.89. The lowest BCUT2D eigenvalue weighted by molar-refractivity contribution is -0.133. The van der Waals surface area contributed by atoms with Crippen molar-refractivity contribution < 1.29 is 14.3 Å². The van der Waals surface area contributed by atoms with Crippen LogP contribution in [0.2, 0.25) is 0 Å². The quantitative estimate of drug-likeness (QED) is 0.205. The Morgan fingerprint density at radius 3 is 2.62 bits per heavy atom. The van der Waals surface area contributed by atoms with Gasteiger partial charge in [0.25, 0.3) is 0 Å². The Morgan fingerprint density at radius 1 is 1.25 bits per heavy atom. The number of benzene rings is 1. The Kier molecular flexibility index (Phi) is 12.7. The van der Waals surface area contributed by atoms with Crippen molar-refractivity contribution >= 4 is 35.8 Å². The van der Waals surface area contributed by atoms with Gasteiger partial charge in [-0.2, -0.15) is 0 Å². The third-order valence-electron chi connectivity index (χ3n) is 5.55. The molecule has 0 aliphatic carbocycles. The van der Waals surface area contributed by atoms with E-state index in [2.05, 4.69) is 22.0 Å². The highest BCUT2D eigenvalue weighted by atomic mass is 127. The summed E-state index contributed by atoms with van der Waals surface area (Å²) in [5, 5.41) is 3.37. The van der Waals surface area contributed by atoms with Crippen molar-refractivity contribution in [2.75, 3.05) is 61.5 Å². The molecule has 0 saturated carbocycles. The maximum absolute atomic E-state index is 12.4. The summed E-state index contributed by atoms with van der Waals surface area (Å²) >= 11 is 0. The minimum atomic E-state index is 0. The molecule has 1 aromatic rings. The molecule has 1 fully saturated rings. The van der Waals surface area contributed by atoms with E-state index >= 15 is 0 Å². The molecule has 0 radical (unpaired) electrons. The molecule has 8 nitrogen and oxygen atoms in total. The van der Waals surface area contributed by atoms with E-state index in [1.165, 1.54) is 0 Å². The number of carbonyl (C=O) groups excluding carboxylic acids is 1. The minimum absolute atomic E-state index is 0. The number of carbonyl (C=O) groups is 1. The second-order valence-corrected chi connectivity index (χ2v) is 8.05. The molecule has 32 heavy (non-hydrogen) atoms. The van der Waals surface area contributed by atoms with Crippen LogP contribution in [0.3, 0.4) is 0 Å². The Bertz CT molecular complexity index is 744. The molecule has 9 heteroatoms. The molecule has 2 rings (SSSR count). The Labute approximate surface area is 210 Å². The van der Waals surface area contributed by atoms with Gasteiger partial charge in [0.2, 0.25) is 5.91 Å². The zero-order valence-corrected chi connectivity index (χ0v) is 22.7. The van der Waals surface area contributed by atoms with Crippen LogP contribution in [0.5, 0.6) is 11.5 Å². The molecular weight excluding hydrogens is 521 g/mol. The number of rotatable bonds is 10. The van der Waals surface area contributed by atoms with Gasteiger partial charge >= 0.3 is 0 Å². The largest absolute Gasteiger partial charge is 0.497 e. The zero-order chi connectivity index (χ0) is 22.8. The average molecular weight is 562 g/mol. The van der Waals surface area contributed by atoms with Crippen LogP contribution in [0.15, 0.2) is 23.2 Å². The maximum Gasteiger partial charge on any atom is 0.239 e.